The van der Waals surface area contributed by atoms with Gasteiger partial charge in [-0.05, 0) is 38.5 Å². The van der Waals surface area contributed by atoms with Gasteiger partial charge < -0.3 is 0 Å². The molecule has 4 nitrogen and oxygen atoms in total. The average molecular weight is 340 g/mol. The first-order valence-electron chi connectivity index (χ1n) is 6.13. The molecule has 0 aliphatic carbocycles. The second kappa shape index (κ2) is 5.19. The molecule has 0 bridgehead atoms. The Labute approximate surface area is 123 Å². The standard InChI is InChI=1S/C13H14BrN3OS/c1-16-13(18)5-10-7-17(3-2-11(10)15-16)6-9-4-12(14)19-8-9/h4-5,8H,2-3,6-7H2,1H3. The van der Waals surface area contributed by atoms with Gasteiger partial charge in [-0.25, -0.2) is 4.68 Å². The summed E-state index contributed by atoms with van der Waals surface area (Å²) in [6.07, 6.45) is 0.911. The van der Waals surface area contributed by atoms with Crippen LogP contribution in [0.15, 0.2) is 26.1 Å². The zero-order valence-corrected chi connectivity index (χ0v) is 13.0. The number of thiophene rings is 1. The minimum atomic E-state index is -0.0288. The number of hydrogen-bond acceptors (Lipinski definition) is 4. The van der Waals surface area contributed by atoms with Gasteiger partial charge >= 0.3 is 0 Å². The molecule has 0 spiro atoms. The predicted octanol–water partition coefficient (Wildman–Crippen LogP) is 2.16. The van der Waals surface area contributed by atoms with E-state index in [4.69, 9.17) is 0 Å². The van der Waals surface area contributed by atoms with Crippen LogP contribution in [0.2, 0.25) is 0 Å². The molecule has 0 amide bonds. The summed E-state index contributed by atoms with van der Waals surface area (Å²) < 4.78 is 2.58. The fourth-order valence-corrected chi connectivity index (χ4v) is 3.57. The SMILES string of the molecule is Cn1nc2c(cc1=O)CN(Cc1csc(Br)c1)CC2. The maximum Gasteiger partial charge on any atom is 0.266 e. The van der Waals surface area contributed by atoms with Crippen LogP contribution in [0.5, 0.6) is 0 Å². The highest BCUT2D eigenvalue weighted by atomic mass is 79.9. The van der Waals surface area contributed by atoms with Crippen molar-refractivity contribution in [3.8, 4) is 0 Å². The molecule has 0 saturated carbocycles. The molecule has 3 rings (SSSR count). The normalized spacial score (nSPS) is 15.5. The Hall–Kier alpha value is -0.980. The minimum absolute atomic E-state index is 0.0288. The maximum atomic E-state index is 11.6. The van der Waals surface area contributed by atoms with Crippen molar-refractivity contribution in [2.24, 2.45) is 7.05 Å². The van der Waals surface area contributed by atoms with Crippen LogP contribution in [0.4, 0.5) is 0 Å². The van der Waals surface area contributed by atoms with Crippen molar-refractivity contribution < 1.29 is 0 Å². The van der Waals surface area contributed by atoms with E-state index in [2.05, 4.69) is 37.4 Å². The van der Waals surface area contributed by atoms with E-state index in [9.17, 15) is 4.79 Å². The lowest BCUT2D eigenvalue weighted by Crippen LogP contribution is -2.33. The van der Waals surface area contributed by atoms with E-state index in [0.717, 1.165) is 41.1 Å². The van der Waals surface area contributed by atoms with Gasteiger partial charge in [-0.3, -0.25) is 9.69 Å². The van der Waals surface area contributed by atoms with Crippen molar-refractivity contribution in [1.82, 2.24) is 14.7 Å². The molecule has 0 N–H and O–H groups in total. The molecule has 0 radical (unpaired) electrons. The van der Waals surface area contributed by atoms with Gasteiger partial charge in [-0.1, -0.05) is 0 Å². The Balaban J connectivity index is 1.78. The molecule has 6 heteroatoms. The number of aryl methyl sites for hydroxylation is 1. The third-order valence-corrected chi connectivity index (χ3v) is 4.90. The maximum absolute atomic E-state index is 11.6. The summed E-state index contributed by atoms with van der Waals surface area (Å²) in [7, 11) is 1.71. The lowest BCUT2D eigenvalue weighted by atomic mass is 10.1. The molecule has 2 aromatic heterocycles. The zero-order chi connectivity index (χ0) is 13.4. The predicted molar refractivity (Wildman–Crippen MR) is 79.3 cm³/mol. The van der Waals surface area contributed by atoms with Crippen molar-refractivity contribution >= 4 is 27.3 Å². The number of halogens is 1. The van der Waals surface area contributed by atoms with E-state index in [1.165, 1.54) is 10.2 Å². The molecule has 0 unspecified atom stereocenters. The summed E-state index contributed by atoms with van der Waals surface area (Å²) in [4.78, 5) is 14.0. The fraction of sp³-hybridized carbons (Fsp3) is 0.385. The van der Waals surface area contributed by atoms with Crippen molar-refractivity contribution in [3.63, 3.8) is 0 Å². The summed E-state index contributed by atoms with van der Waals surface area (Å²) in [6, 6.07) is 3.88. The Morgan fingerprint density at radius 3 is 3.05 bits per heavy atom. The third-order valence-electron chi connectivity index (χ3n) is 3.34. The van der Waals surface area contributed by atoms with Gasteiger partial charge in [0, 0.05) is 39.2 Å². The van der Waals surface area contributed by atoms with Gasteiger partial charge in [0.05, 0.1) is 9.48 Å². The highest BCUT2D eigenvalue weighted by molar-refractivity contribution is 9.11. The molecule has 2 aromatic rings. The van der Waals surface area contributed by atoms with Crippen molar-refractivity contribution in [3.05, 3.63) is 48.5 Å². The smallest absolute Gasteiger partial charge is 0.266 e. The Bertz CT molecular complexity index is 664. The lowest BCUT2D eigenvalue weighted by molar-refractivity contribution is 0.241. The monoisotopic (exact) mass is 339 g/mol. The van der Waals surface area contributed by atoms with Crippen LogP contribution in [0.25, 0.3) is 0 Å². The van der Waals surface area contributed by atoms with Crippen LogP contribution in [-0.2, 0) is 26.6 Å². The molecular formula is C13H14BrN3OS. The van der Waals surface area contributed by atoms with Gasteiger partial charge in [0.2, 0.25) is 0 Å². The van der Waals surface area contributed by atoms with Crippen LogP contribution < -0.4 is 5.56 Å². The first kappa shape index (κ1) is 13.0. The molecule has 3 heterocycles. The fourth-order valence-electron chi connectivity index (χ4n) is 2.37. The van der Waals surface area contributed by atoms with E-state index in [-0.39, 0.29) is 5.56 Å². The van der Waals surface area contributed by atoms with Gasteiger partial charge in [0.15, 0.2) is 0 Å². The molecule has 100 valence electrons. The van der Waals surface area contributed by atoms with Crippen molar-refractivity contribution in [2.45, 2.75) is 19.5 Å². The van der Waals surface area contributed by atoms with Gasteiger partial charge in [-0.15, -0.1) is 11.3 Å². The topological polar surface area (TPSA) is 38.1 Å². The molecule has 0 saturated heterocycles. The second-order valence-electron chi connectivity index (χ2n) is 4.80. The number of nitrogens with zero attached hydrogens (tertiary/aromatic N) is 3. The number of aromatic nitrogens is 2. The zero-order valence-electron chi connectivity index (χ0n) is 10.6. The van der Waals surface area contributed by atoms with Gasteiger partial charge in [0.1, 0.15) is 0 Å². The number of fused-ring (bicyclic) bond motifs is 1. The Morgan fingerprint density at radius 1 is 1.47 bits per heavy atom. The molecule has 1 aliphatic heterocycles. The van der Waals surface area contributed by atoms with Crippen LogP contribution in [0.1, 0.15) is 16.8 Å². The molecule has 1 aliphatic rings. The molecule has 0 aromatic carbocycles. The first-order chi connectivity index (χ1) is 9.11. The molecule has 0 fully saturated rings. The Morgan fingerprint density at radius 2 is 2.32 bits per heavy atom. The molecule has 0 atom stereocenters. The largest absolute Gasteiger partial charge is 0.294 e. The average Bonchev–Trinajstić information content (AvgIpc) is 2.77. The van der Waals surface area contributed by atoms with Crippen molar-refractivity contribution in [2.75, 3.05) is 6.54 Å². The van der Waals surface area contributed by atoms with Crippen molar-refractivity contribution in [1.29, 1.82) is 0 Å². The summed E-state index contributed by atoms with van der Waals surface area (Å²) >= 11 is 5.19. The Kier molecular flexibility index (Phi) is 3.56. The number of hydrogen-bond donors (Lipinski definition) is 0. The van der Waals surface area contributed by atoms with E-state index in [1.54, 1.807) is 24.5 Å². The third kappa shape index (κ3) is 2.80. The summed E-state index contributed by atoms with van der Waals surface area (Å²) in [5.41, 5.74) is 3.42. The van der Waals surface area contributed by atoms with E-state index >= 15 is 0 Å². The second-order valence-corrected chi connectivity index (χ2v) is 7.09. The highest BCUT2D eigenvalue weighted by Gasteiger charge is 2.19. The highest BCUT2D eigenvalue weighted by Crippen LogP contribution is 2.23. The van der Waals surface area contributed by atoms with Crippen LogP contribution in [0, 0.1) is 0 Å². The van der Waals surface area contributed by atoms with Gasteiger partial charge in [0.25, 0.3) is 5.56 Å². The van der Waals surface area contributed by atoms with Crippen LogP contribution in [0.3, 0.4) is 0 Å². The number of rotatable bonds is 2. The summed E-state index contributed by atoms with van der Waals surface area (Å²) in [6.45, 7) is 2.73. The van der Waals surface area contributed by atoms with E-state index in [1.807, 2.05) is 0 Å². The van der Waals surface area contributed by atoms with Crippen LogP contribution >= 0.6 is 27.3 Å². The summed E-state index contributed by atoms with van der Waals surface area (Å²) in [5.74, 6) is 0. The summed E-state index contributed by atoms with van der Waals surface area (Å²) in [5, 5.41) is 6.50. The lowest BCUT2D eigenvalue weighted by Gasteiger charge is -2.27. The first-order valence-corrected chi connectivity index (χ1v) is 7.80. The molecule has 19 heavy (non-hydrogen) atoms. The van der Waals surface area contributed by atoms with Gasteiger partial charge in [-0.2, -0.15) is 5.10 Å². The van der Waals surface area contributed by atoms with Crippen LogP contribution in [-0.4, -0.2) is 21.2 Å². The van der Waals surface area contributed by atoms with E-state index < -0.39 is 0 Å². The van der Waals surface area contributed by atoms with E-state index in [0.29, 0.717) is 0 Å². The quantitative estimate of drug-likeness (QED) is 0.841. The molecular weight excluding hydrogens is 326 g/mol. The minimum Gasteiger partial charge on any atom is -0.294 e.